The summed E-state index contributed by atoms with van der Waals surface area (Å²) >= 11 is 0.992. The molecule has 1 aliphatic heterocycles. The van der Waals surface area contributed by atoms with Crippen LogP contribution in [0.15, 0.2) is 42.9 Å². The van der Waals surface area contributed by atoms with Crippen LogP contribution in [0.3, 0.4) is 0 Å². The number of aromatic amines is 1. The third-order valence-electron chi connectivity index (χ3n) is 13.5. The lowest BCUT2D eigenvalue weighted by molar-refractivity contribution is -0.144. The van der Waals surface area contributed by atoms with Crippen molar-refractivity contribution in [3.8, 4) is 12.3 Å². The van der Waals surface area contributed by atoms with Crippen LogP contribution in [-0.4, -0.2) is 221 Å². The average molecular weight is 1240 g/mol. The number of terminal acetylenes is 1. The molecule has 0 bridgehead atoms. The fourth-order valence-corrected chi connectivity index (χ4v) is 11.2. The molecule has 15 N–H and O–H groups in total. The van der Waals surface area contributed by atoms with Crippen LogP contribution in [0.2, 0.25) is 0 Å². The Morgan fingerprint density at radius 1 is 0.835 bits per heavy atom. The Labute approximate surface area is 498 Å². The number of nitrogens with one attached hydrogen (secondary N) is 8. The number of nitrogens with two attached hydrogens (primary N) is 2. The lowest BCUT2D eigenvalue weighted by Crippen LogP contribution is -2.62. The fourth-order valence-electron chi connectivity index (χ4n) is 8.55. The summed E-state index contributed by atoms with van der Waals surface area (Å²) in [5.41, 5.74) is 12.2. The van der Waals surface area contributed by atoms with E-state index in [1.54, 1.807) is 44.2 Å². The van der Waals surface area contributed by atoms with Crippen molar-refractivity contribution in [1.29, 1.82) is 0 Å². The lowest BCUT2D eigenvalue weighted by Gasteiger charge is -2.32. The Kier molecular flexibility index (Phi) is 32.2. The monoisotopic (exact) mass is 1230 g/mol. The van der Waals surface area contributed by atoms with Crippen molar-refractivity contribution in [1.82, 2.24) is 52.1 Å². The van der Waals surface area contributed by atoms with E-state index in [1.807, 2.05) is 0 Å². The van der Waals surface area contributed by atoms with Gasteiger partial charge in [0.25, 0.3) is 0 Å². The number of rotatable bonds is 41. The summed E-state index contributed by atoms with van der Waals surface area (Å²) in [5, 5.41) is 47.6. The van der Waals surface area contributed by atoms with Gasteiger partial charge in [-0.2, -0.15) is 11.8 Å². The highest BCUT2D eigenvalue weighted by Crippen LogP contribution is 2.22. The van der Waals surface area contributed by atoms with Crippen LogP contribution >= 0.6 is 11.8 Å². The number of sulfone groups is 1. The van der Waals surface area contributed by atoms with Crippen molar-refractivity contribution in [2.24, 2.45) is 17.4 Å². The number of carbonyl (C=O) groups excluding carboxylic acids is 8. The normalized spacial score (nSPS) is 16.3. The fraction of sp³-hybridized carbons (Fsp3) is 0.611. The first-order valence-electron chi connectivity index (χ1n) is 27.8. The SMILES string of the molecule is C#CCOCCOCCS(=O)(=O)CCSC[C@H](NC(=O)[C@@H](NC(=O)[C@@H]1CCCN1C(=O)[C@H](Cc1ccccc1)NC(=O)[C@H](Cc1cnc[nH]1)NC(=O)[C@@H](NC(=O)[C@H](CC(=O)O)NC(=O)CNC(=O)[C@@H](N)CCCCN)[C@@H](C)O)[C@@H](C)CC)C(=O)O. The summed E-state index contributed by atoms with van der Waals surface area (Å²) in [6, 6.07) is -3.12. The van der Waals surface area contributed by atoms with Gasteiger partial charge in [-0.05, 0) is 50.6 Å². The quantitative estimate of drug-likeness (QED) is 0.0227. The third kappa shape index (κ3) is 26.3. The molecule has 10 atom stereocenters. The second kappa shape index (κ2) is 38.0. The number of aliphatic hydroxyl groups is 1. The number of carboxylic acid groups (broad SMARTS) is 2. The van der Waals surface area contributed by atoms with Gasteiger partial charge in [0.2, 0.25) is 47.3 Å². The van der Waals surface area contributed by atoms with E-state index in [9.17, 15) is 71.7 Å². The standard InChI is InChI=1S/C54H82N12O17S2/c1-5-19-82-20-21-83-22-24-85(80,81)25-23-84-31-41(54(78)79)63-51(75)45(33(3)6-2)64-50(74)42-16-12-18-66(42)53(77)40(26-35-13-8-7-9-14-35)62-48(72)38(27-36-29-57-32-59-36)61-52(76)46(34(4)67)65-49(73)39(28-44(69)70)60-43(68)30-58-47(71)37(56)15-10-11-17-55/h1,7-9,13-14,29,32-34,37-42,45-46,67H,6,10-12,15-28,30-31,55-56H2,2-4H3,(H,57,59)(H,58,71)(H,60,68)(H,61,76)(H,62,72)(H,63,75)(H,64,74)(H,65,73)(H,69,70)(H,78,79)/t33-,34+,37-,38-,39-,40-,41-,42-,45-,46-/m0/s1. The summed E-state index contributed by atoms with van der Waals surface area (Å²) in [4.78, 5) is 143. The predicted molar refractivity (Wildman–Crippen MR) is 310 cm³/mol. The van der Waals surface area contributed by atoms with E-state index in [2.05, 4.69) is 53.1 Å². The van der Waals surface area contributed by atoms with E-state index in [1.165, 1.54) is 17.4 Å². The van der Waals surface area contributed by atoms with Gasteiger partial charge in [-0.3, -0.25) is 43.2 Å². The van der Waals surface area contributed by atoms with Gasteiger partial charge in [-0.25, -0.2) is 18.2 Å². The Morgan fingerprint density at radius 2 is 1.51 bits per heavy atom. The minimum atomic E-state index is -3.57. The highest BCUT2D eigenvalue weighted by atomic mass is 32.2. The number of amides is 8. The lowest BCUT2D eigenvalue weighted by atomic mass is 9.97. The summed E-state index contributed by atoms with van der Waals surface area (Å²) in [6.07, 6.45) is 6.86. The zero-order valence-electron chi connectivity index (χ0n) is 48.0. The number of carboxylic acids is 2. The molecular weight excluding hydrogens is 1150 g/mol. The summed E-state index contributed by atoms with van der Waals surface area (Å²) in [5.74, 6) is -9.26. The molecule has 0 unspecified atom stereocenters. The number of carbonyl (C=O) groups is 10. The molecule has 31 heteroatoms. The van der Waals surface area contributed by atoms with Crippen LogP contribution in [0.25, 0.3) is 0 Å². The summed E-state index contributed by atoms with van der Waals surface area (Å²) in [6.45, 7) is 4.62. The molecule has 472 valence electrons. The van der Waals surface area contributed by atoms with Crippen molar-refractivity contribution in [3.63, 3.8) is 0 Å². The number of nitrogens with zero attached hydrogens (tertiary/aromatic N) is 2. The maximum Gasteiger partial charge on any atom is 0.327 e. The average Bonchev–Trinajstić information content (AvgIpc) is 4.34. The number of H-pyrrole nitrogens is 1. The van der Waals surface area contributed by atoms with E-state index in [0.29, 0.717) is 43.5 Å². The van der Waals surface area contributed by atoms with Gasteiger partial charge < -0.3 is 83.4 Å². The molecule has 2 aromatic rings. The molecule has 1 aromatic heterocycles. The highest BCUT2D eigenvalue weighted by molar-refractivity contribution is 8.00. The maximum absolute atomic E-state index is 14.8. The molecule has 0 radical (unpaired) electrons. The molecule has 0 spiro atoms. The van der Waals surface area contributed by atoms with Gasteiger partial charge in [0, 0.05) is 42.8 Å². The summed E-state index contributed by atoms with van der Waals surface area (Å²) < 4.78 is 35.5. The van der Waals surface area contributed by atoms with Crippen LogP contribution in [0.1, 0.15) is 77.0 Å². The van der Waals surface area contributed by atoms with Gasteiger partial charge in [0.1, 0.15) is 48.9 Å². The smallest absolute Gasteiger partial charge is 0.327 e. The number of imidazole rings is 1. The molecule has 3 rings (SSSR count). The van der Waals surface area contributed by atoms with Gasteiger partial charge in [-0.1, -0.05) is 62.9 Å². The van der Waals surface area contributed by atoms with Crippen LogP contribution in [0.5, 0.6) is 0 Å². The number of aromatic nitrogens is 2. The second-order valence-corrected chi connectivity index (χ2v) is 23.7. The molecule has 8 amide bonds. The largest absolute Gasteiger partial charge is 0.481 e. The topological polar surface area (TPSA) is 452 Å². The van der Waals surface area contributed by atoms with E-state index < -0.39 is 142 Å². The van der Waals surface area contributed by atoms with Crippen molar-refractivity contribution in [2.75, 3.05) is 69.1 Å². The third-order valence-corrected chi connectivity index (χ3v) is 16.4. The Hall–Kier alpha value is -7.21. The number of hydrogen-bond acceptors (Lipinski definition) is 19. The van der Waals surface area contributed by atoms with Crippen LogP contribution in [-0.2, 0) is 80.1 Å². The van der Waals surface area contributed by atoms with Crippen molar-refractivity contribution in [3.05, 3.63) is 54.1 Å². The van der Waals surface area contributed by atoms with Crippen LogP contribution in [0, 0.1) is 18.3 Å². The van der Waals surface area contributed by atoms with E-state index in [-0.39, 0.29) is 81.7 Å². The van der Waals surface area contributed by atoms with Gasteiger partial charge in [-0.15, -0.1) is 6.42 Å². The highest BCUT2D eigenvalue weighted by Gasteiger charge is 2.41. The van der Waals surface area contributed by atoms with E-state index >= 15 is 0 Å². The number of benzene rings is 1. The minimum Gasteiger partial charge on any atom is -0.481 e. The van der Waals surface area contributed by atoms with Crippen LogP contribution in [0.4, 0.5) is 0 Å². The number of thioether (sulfide) groups is 1. The molecule has 0 saturated carbocycles. The van der Waals surface area contributed by atoms with Crippen molar-refractivity contribution in [2.45, 2.75) is 133 Å². The van der Waals surface area contributed by atoms with E-state index in [4.69, 9.17) is 27.4 Å². The molecule has 85 heavy (non-hydrogen) atoms. The van der Waals surface area contributed by atoms with Gasteiger partial charge >= 0.3 is 11.9 Å². The van der Waals surface area contributed by atoms with Crippen LogP contribution < -0.4 is 48.7 Å². The number of likely N-dealkylation sites (tertiary alicyclic amines) is 1. The molecule has 2 heterocycles. The number of hydrogen-bond donors (Lipinski definition) is 13. The Balaban J connectivity index is 1.80. The predicted octanol–water partition coefficient (Wildman–Crippen LogP) is -3.53. The number of ether oxygens (including phenoxy) is 2. The zero-order valence-corrected chi connectivity index (χ0v) is 49.6. The molecule has 29 nitrogen and oxygen atoms in total. The Bertz CT molecular complexity index is 2660. The molecule has 1 fully saturated rings. The van der Waals surface area contributed by atoms with Gasteiger partial charge in [0.15, 0.2) is 9.84 Å². The van der Waals surface area contributed by atoms with Crippen molar-refractivity contribution < 1.29 is 81.2 Å². The number of unbranched alkanes of at least 4 members (excludes halogenated alkanes) is 1. The minimum absolute atomic E-state index is 0.0136. The molecule has 1 saturated heterocycles. The first-order chi connectivity index (χ1) is 40.4. The number of aliphatic hydroxyl groups excluding tert-OH is 1. The molecule has 0 aliphatic carbocycles. The van der Waals surface area contributed by atoms with Crippen molar-refractivity contribution >= 4 is 80.8 Å². The number of aliphatic carboxylic acids is 2. The first-order valence-corrected chi connectivity index (χ1v) is 30.7. The maximum atomic E-state index is 14.8. The first kappa shape index (κ1) is 72.1. The second-order valence-electron chi connectivity index (χ2n) is 20.2. The zero-order chi connectivity index (χ0) is 63.1. The molecule has 1 aromatic carbocycles. The molecule has 1 aliphatic rings. The van der Waals surface area contributed by atoms with Gasteiger partial charge in [0.05, 0.1) is 62.8 Å². The Morgan fingerprint density at radius 3 is 2.14 bits per heavy atom. The summed E-state index contributed by atoms with van der Waals surface area (Å²) in [7, 11) is -3.57. The van der Waals surface area contributed by atoms with E-state index in [0.717, 1.165) is 18.7 Å². The molecular formula is C54H82N12O17S2.